The smallest absolute Gasteiger partial charge is 0.410 e. The Labute approximate surface area is 166 Å². The molecule has 0 bridgehead atoms. The second kappa shape index (κ2) is 7.22. The SMILES string of the molecule is Cc1cncnc1OCC(C)(C)NC(=O)C1C2CN(C(=O)OC(C)(C)C)C[C@@H]21. The molecule has 2 aliphatic rings. The Balaban J connectivity index is 1.46. The number of hydrogen-bond donors (Lipinski definition) is 1. The van der Waals surface area contributed by atoms with Gasteiger partial charge in [-0.2, -0.15) is 0 Å². The molecule has 1 aliphatic heterocycles. The van der Waals surface area contributed by atoms with Gasteiger partial charge >= 0.3 is 6.09 Å². The van der Waals surface area contributed by atoms with E-state index in [1.807, 2.05) is 41.5 Å². The molecule has 2 amide bonds. The second-order valence-corrected chi connectivity index (χ2v) is 9.41. The van der Waals surface area contributed by atoms with Crippen molar-refractivity contribution in [3.63, 3.8) is 0 Å². The van der Waals surface area contributed by atoms with E-state index in [-0.39, 0.29) is 29.8 Å². The molecule has 1 N–H and O–H groups in total. The number of amides is 2. The van der Waals surface area contributed by atoms with Crippen molar-refractivity contribution in [1.29, 1.82) is 0 Å². The molecule has 0 spiro atoms. The van der Waals surface area contributed by atoms with Crippen molar-refractivity contribution in [3.05, 3.63) is 18.1 Å². The van der Waals surface area contributed by atoms with Crippen LogP contribution in [-0.4, -0.2) is 57.7 Å². The summed E-state index contributed by atoms with van der Waals surface area (Å²) in [7, 11) is 0. The van der Waals surface area contributed by atoms with Gasteiger partial charge in [0.2, 0.25) is 11.8 Å². The summed E-state index contributed by atoms with van der Waals surface area (Å²) < 4.78 is 11.2. The van der Waals surface area contributed by atoms with E-state index in [0.717, 1.165) is 5.56 Å². The van der Waals surface area contributed by atoms with E-state index in [1.165, 1.54) is 6.33 Å². The van der Waals surface area contributed by atoms with Crippen molar-refractivity contribution < 1.29 is 19.1 Å². The molecule has 154 valence electrons. The summed E-state index contributed by atoms with van der Waals surface area (Å²) in [5, 5.41) is 3.08. The second-order valence-electron chi connectivity index (χ2n) is 9.41. The largest absolute Gasteiger partial charge is 0.475 e. The fourth-order valence-corrected chi connectivity index (χ4v) is 3.63. The molecule has 0 radical (unpaired) electrons. The lowest BCUT2D eigenvalue weighted by Crippen LogP contribution is -2.49. The van der Waals surface area contributed by atoms with Crippen LogP contribution in [0.5, 0.6) is 5.88 Å². The number of likely N-dealkylation sites (tertiary alicyclic amines) is 1. The van der Waals surface area contributed by atoms with Crippen molar-refractivity contribution in [3.8, 4) is 5.88 Å². The first kappa shape index (κ1) is 20.4. The first-order valence-corrected chi connectivity index (χ1v) is 9.66. The number of carbonyl (C=O) groups excluding carboxylic acids is 2. The molecule has 28 heavy (non-hydrogen) atoms. The van der Waals surface area contributed by atoms with Gasteiger partial charge in [0.05, 0.1) is 5.54 Å². The highest BCUT2D eigenvalue weighted by molar-refractivity contribution is 5.84. The Hall–Kier alpha value is -2.38. The van der Waals surface area contributed by atoms with Crippen LogP contribution in [0, 0.1) is 24.7 Å². The minimum atomic E-state index is -0.532. The summed E-state index contributed by atoms with van der Waals surface area (Å²) in [5.41, 5.74) is -0.188. The molecule has 3 rings (SSSR count). The first-order chi connectivity index (χ1) is 13.0. The van der Waals surface area contributed by atoms with Gasteiger partial charge in [-0.1, -0.05) is 0 Å². The molecule has 0 aromatic carbocycles. The summed E-state index contributed by atoms with van der Waals surface area (Å²) >= 11 is 0. The van der Waals surface area contributed by atoms with Crippen molar-refractivity contribution in [2.45, 2.75) is 52.7 Å². The average molecular weight is 390 g/mol. The van der Waals surface area contributed by atoms with Crippen LogP contribution in [0.25, 0.3) is 0 Å². The van der Waals surface area contributed by atoms with Crippen LogP contribution < -0.4 is 10.1 Å². The normalized spacial score (nSPS) is 23.8. The van der Waals surface area contributed by atoms with Crippen LogP contribution in [0.1, 0.15) is 40.2 Å². The monoisotopic (exact) mass is 390 g/mol. The van der Waals surface area contributed by atoms with Crippen LogP contribution in [0.2, 0.25) is 0 Å². The molecule has 1 aliphatic carbocycles. The van der Waals surface area contributed by atoms with E-state index in [2.05, 4.69) is 15.3 Å². The molecule has 1 aromatic rings. The highest BCUT2D eigenvalue weighted by Gasteiger charge is 2.61. The standard InChI is InChI=1S/C20H30N4O4/c1-12-7-21-11-22-17(12)27-10-20(5,6)23-16(25)15-13-8-24(9-14(13)15)18(26)28-19(2,3)4/h7,11,13-15H,8-10H2,1-6H3,(H,23,25)/t13-,14?,15?/m0/s1. The number of aromatic nitrogens is 2. The third kappa shape index (κ3) is 4.72. The van der Waals surface area contributed by atoms with Gasteiger partial charge in [0.1, 0.15) is 18.5 Å². The third-order valence-corrected chi connectivity index (χ3v) is 5.03. The number of fused-ring (bicyclic) bond motifs is 1. The predicted octanol–water partition coefficient (Wildman–Crippen LogP) is 2.17. The summed E-state index contributed by atoms with van der Waals surface area (Å²) in [6, 6.07) is 0. The van der Waals surface area contributed by atoms with Crippen molar-refractivity contribution in [2.75, 3.05) is 19.7 Å². The van der Waals surface area contributed by atoms with Crippen LogP contribution in [0.4, 0.5) is 4.79 Å². The third-order valence-electron chi connectivity index (χ3n) is 5.03. The molecule has 1 aromatic heterocycles. The zero-order valence-electron chi connectivity index (χ0n) is 17.5. The maximum atomic E-state index is 12.7. The predicted molar refractivity (Wildman–Crippen MR) is 103 cm³/mol. The Morgan fingerprint density at radius 2 is 1.86 bits per heavy atom. The number of ether oxygens (including phenoxy) is 2. The number of nitrogens with one attached hydrogen (secondary N) is 1. The molecule has 8 heteroatoms. The fourth-order valence-electron chi connectivity index (χ4n) is 3.63. The van der Waals surface area contributed by atoms with Gasteiger partial charge in [-0.15, -0.1) is 0 Å². The molecule has 3 atom stereocenters. The van der Waals surface area contributed by atoms with Gasteiger partial charge < -0.3 is 19.7 Å². The van der Waals surface area contributed by atoms with E-state index in [9.17, 15) is 9.59 Å². The van der Waals surface area contributed by atoms with Crippen LogP contribution >= 0.6 is 0 Å². The fraction of sp³-hybridized carbons (Fsp3) is 0.700. The quantitative estimate of drug-likeness (QED) is 0.828. The Kier molecular flexibility index (Phi) is 5.25. The molecule has 2 heterocycles. The Bertz CT molecular complexity index is 747. The number of piperidine rings is 1. The first-order valence-electron chi connectivity index (χ1n) is 9.66. The number of hydrogen-bond acceptors (Lipinski definition) is 6. The van der Waals surface area contributed by atoms with Gasteiger partial charge in [0.15, 0.2) is 0 Å². The molecule has 2 unspecified atom stereocenters. The van der Waals surface area contributed by atoms with E-state index in [4.69, 9.17) is 9.47 Å². The zero-order chi connectivity index (χ0) is 20.7. The van der Waals surface area contributed by atoms with Gasteiger partial charge in [0, 0.05) is 30.8 Å². The molecule has 1 saturated carbocycles. The maximum Gasteiger partial charge on any atom is 0.410 e. The van der Waals surface area contributed by atoms with E-state index >= 15 is 0 Å². The topological polar surface area (TPSA) is 93.7 Å². The van der Waals surface area contributed by atoms with Crippen molar-refractivity contribution >= 4 is 12.0 Å². The van der Waals surface area contributed by atoms with Crippen molar-refractivity contribution in [2.24, 2.45) is 17.8 Å². The molecular weight excluding hydrogens is 360 g/mol. The van der Waals surface area contributed by atoms with Gasteiger partial charge in [-0.05, 0) is 53.4 Å². The summed E-state index contributed by atoms with van der Waals surface area (Å²) in [6.45, 7) is 12.7. The van der Waals surface area contributed by atoms with Gasteiger partial charge in [-0.25, -0.2) is 14.8 Å². The van der Waals surface area contributed by atoms with Crippen molar-refractivity contribution in [1.82, 2.24) is 20.2 Å². The summed E-state index contributed by atoms with van der Waals surface area (Å²) in [6.07, 6.45) is 2.83. The van der Waals surface area contributed by atoms with E-state index in [0.29, 0.717) is 25.6 Å². The maximum absolute atomic E-state index is 12.7. The molecular formula is C20H30N4O4. The highest BCUT2D eigenvalue weighted by atomic mass is 16.6. The highest BCUT2D eigenvalue weighted by Crippen LogP contribution is 2.52. The molecule has 8 nitrogen and oxygen atoms in total. The lowest BCUT2D eigenvalue weighted by Gasteiger charge is -2.28. The van der Waals surface area contributed by atoms with Crippen LogP contribution in [0.15, 0.2) is 12.5 Å². The van der Waals surface area contributed by atoms with E-state index in [1.54, 1.807) is 11.1 Å². The van der Waals surface area contributed by atoms with Gasteiger partial charge in [0.25, 0.3) is 0 Å². The average Bonchev–Trinajstić information content (AvgIpc) is 3.07. The Morgan fingerprint density at radius 1 is 1.21 bits per heavy atom. The lowest BCUT2D eigenvalue weighted by molar-refractivity contribution is -0.125. The molecule has 2 fully saturated rings. The van der Waals surface area contributed by atoms with Crippen LogP contribution in [-0.2, 0) is 9.53 Å². The summed E-state index contributed by atoms with van der Waals surface area (Å²) in [5.74, 6) is 0.931. The van der Waals surface area contributed by atoms with E-state index < -0.39 is 11.1 Å². The minimum Gasteiger partial charge on any atom is -0.475 e. The zero-order valence-corrected chi connectivity index (χ0v) is 17.5. The minimum absolute atomic E-state index is 0.0202. The van der Waals surface area contributed by atoms with Crippen LogP contribution in [0.3, 0.4) is 0 Å². The lowest BCUT2D eigenvalue weighted by atomic mass is 10.1. The number of nitrogens with zero attached hydrogens (tertiary/aromatic N) is 3. The number of rotatable bonds is 5. The molecule has 1 saturated heterocycles. The number of aryl methyl sites for hydroxylation is 1. The van der Waals surface area contributed by atoms with Gasteiger partial charge in [-0.3, -0.25) is 4.79 Å². The number of carbonyl (C=O) groups is 2. The Morgan fingerprint density at radius 3 is 2.43 bits per heavy atom. The summed E-state index contributed by atoms with van der Waals surface area (Å²) in [4.78, 5) is 34.6.